The Hall–Kier alpha value is -5.27. The molecule has 2 aromatic rings. The van der Waals surface area contributed by atoms with Crippen molar-refractivity contribution < 1.29 is 71.5 Å². The van der Waals surface area contributed by atoms with Crippen LogP contribution >= 0.6 is 0 Å². The standard InChI is InChI=1S/C55H92N8O15/c1-40(2)49(47(65)35-42(13-12-21-58-53(57)70)51(68)59-43-18-16-41(17-19-43)37-78-52(69)55(6,7)8)60-48(66)39-77-34-32-75-31-33-76-38-44-36-63(62-61-44)22-24-72-26-28-74-30-29-73-27-25-71-23-20-45(64)14-10-9-11-15-46(56)50(67)54(3,4)5/h16-19,36,40,42,46,49H,9-15,20-35,37-39,56H2,1-8H3,(H,59,68)(H,60,66)(H3,57,58,70)/t42-,46-,49+/m1/s1. The van der Waals surface area contributed by atoms with Crippen LogP contribution in [0.4, 0.5) is 10.5 Å². The second-order valence-electron chi connectivity index (χ2n) is 21.4. The van der Waals surface area contributed by atoms with E-state index in [4.69, 9.17) is 49.4 Å². The molecule has 0 bridgehead atoms. The van der Waals surface area contributed by atoms with Gasteiger partial charge in [0.05, 0.1) is 116 Å². The molecule has 23 nitrogen and oxygen atoms in total. The number of carbonyl (C=O) groups is 7. The fourth-order valence-electron chi connectivity index (χ4n) is 7.36. The van der Waals surface area contributed by atoms with Gasteiger partial charge in [-0.05, 0) is 70.1 Å². The zero-order chi connectivity index (χ0) is 57.8. The molecule has 0 radical (unpaired) electrons. The molecule has 2 rings (SSSR count). The summed E-state index contributed by atoms with van der Waals surface area (Å²) >= 11 is 0. The number of nitrogens with two attached hydrogens (primary N) is 2. The highest BCUT2D eigenvalue weighted by Crippen LogP contribution is 2.22. The van der Waals surface area contributed by atoms with Crippen LogP contribution in [-0.4, -0.2) is 161 Å². The van der Waals surface area contributed by atoms with Gasteiger partial charge >= 0.3 is 12.0 Å². The molecule has 0 saturated heterocycles. The second-order valence-corrected chi connectivity index (χ2v) is 21.4. The number of hydrogen-bond acceptors (Lipinski definition) is 18. The number of primary amides is 1. The van der Waals surface area contributed by atoms with E-state index in [2.05, 4.69) is 26.3 Å². The maximum atomic E-state index is 13.6. The van der Waals surface area contributed by atoms with Gasteiger partial charge in [0.15, 0.2) is 11.6 Å². The lowest BCUT2D eigenvalue weighted by Crippen LogP contribution is -2.47. The number of nitrogens with one attached hydrogen (secondary N) is 3. The lowest BCUT2D eigenvalue weighted by atomic mass is 9.85. The molecule has 0 fully saturated rings. The molecule has 4 amide bonds. The molecule has 0 spiro atoms. The molecule has 1 aromatic heterocycles. The minimum atomic E-state index is -0.878. The highest BCUT2D eigenvalue weighted by molar-refractivity contribution is 5.97. The Morgan fingerprint density at radius 1 is 0.667 bits per heavy atom. The Kier molecular flexibility index (Phi) is 34.6. The molecule has 0 aliphatic rings. The van der Waals surface area contributed by atoms with Crippen LogP contribution in [0, 0.1) is 22.7 Å². The third-order valence-corrected chi connectivity index (χ3v) is 11.8. The molecule has 0 aliphatic carbocycles. The summed E-state index contributed by atoms with van der Waals surface area (Å²) in [5.74, 6) is -2.38. The Morgan fingerprint density at radius 2 is 1.26 bits per heavy atom. The second kappa shape index (κ2) is 39.2. The molecular weight excluding hydrogens is 1010 g/mol. The zero-order valence-corrected chi connectivity index (χ0v) is 47.7. The van der Waals surface area contributed by atoms with Crippen molar-refractivity contribution >= 4 is 46.9 Å². The number of urea groups is 1. The summed E-state index contributed by atoms with van der Waals surface area (Å²) < 4.78 is 45.9. The molecule has 23 heteroatoms. The van der Waals surface area contributed by atoms with Crippen molar-refractivity contribution in [2.45, 2.75) is 145 Å². The van der Waals surface area contributed by atoms with Gasteiger partial charge < -0.3 is 65.3 Å². The summed E-state index contributed by atoms with van der Waals surface area (Å²) in [6.45, 7) is 19.4. The number of amides is 4. The lowest BCUT2D eigenvalue weighted by molar-refractivity contribution is -0.154. The van der Waals surface area contributed by atoms with Crippen molar-refractivity contribution in [2.75, 3.05) is 97.8 Å². The number of ketones is 3. The van der Waals surface area contributed by atoms with Crippen LogP contribution in [0.5, 0.6) is 0 Å². The van der Waals surface area contributed by atoms with Crippen LogP contribution in [0.15, 0.2) is 30.5 Å². The molecule has 0 unspecified atom stereocenters. The highest BCUT2D eigenvalue weighted by atomic mass is 16.6. The van der Waals surface area contributed by atoms with E-state index in [1.54, 1.807) is 69.8 Å². The first-order valence-corrected chi connectivity index (χ1v) is 27.2. The van der Waals surface area contributed by atoms with Crippen molar-refractivity contribution in [3.05, 3.63) is 41.7 Å². The summed E-state index contributed by atoms with van der Waals surface area (Å²) in [6, 6.07) is 4.80. The van der Waals surface area contributed by atoms with Crippen LogP contribution in [0.3, 0.4) is 0 Å². The van der Waals surface area contributed by atoms with Crippen LogP contribution in [0.25, 0.3) is 0 Å². The SMILES string of the molecule is CC(C)[C@H](NC(=O)COCCOCCOCc1cn(CCOCCOCCOCCOCCC(=O)CCCCC[C@@H](N)C(=O)C(C)(C)C)nn1)C(=O)C[C@@H](CCCNC(N)=O)C(=O)Nc1ccc(COC(=O)C(C)(C)C)cc1. The number of ether oxygens (including phenoxy) is 8. The Balaban J connectivity index is 1.52. The lowest BCUT2D eigenvalue weighted by Gasteiger charge is -2.24. The molecule has 0 saturated carbocycles. The van der Waals surface area contributed by atoms with Gasteiger partial charge in [-0.1, -0.05) is 64.8 Å². The quantitative estimate of drug-likeness (QED) is 0.0446. The van der Waals surface area contributed by atoms with Crippen LogP contribution < -0.4 is 27.4 Å². The average Bonchev–Trinajstić information content (AvgIpc) is 3.84. The highest BCUT2D eigenvalue weighted by Gasteiger charge is 2.30. The number of carbonyl (C=O) groups excluding carboxylic acids is 7. The predicted octanol–water partition coefficient (Wildman–Crippen LogP) is 4.64. The van der Waals surface area contributed by atoms with Crippen LogP contribution in [0.1, 0.15) is 124 Å². The van der Waals surface area contributed by atoms with E-state index < -0.39 is 46.7 Å². The fourth-order valence-corrected chi connectivity index (χ4v) is 7.36. The van der Waals surface area contributed by atoms with Gasteiger partial charge in [-0.15, -0.1) is 5.10 Å². The molecule has 1 heterocycles. The molecular formula is C55H92N8O15. The number of nitrogens with zero attached hydrogens (tertiary/aromatic N) is 3. The van der Waals surface area contributed by atoms with Gasteiger partial charge in [-0.25, -0.2) is 9.48 Å². The first-order valence-electron chi connectivity index (χ1n) is 27.2. The number of benzene rings is 1. The van der Waals surface area contributed by atoms with E-state index in [-0.39, 0.29) is 88.3 Å². The number of Topliss-reactive ketones (excluding diaryl/α,β-unsaturated/α-hetero) is 3. The molecule has 442 valence electrons. The Morgan fingerprint density at radius 3 is 1.85 bits per heavy atom. The van der Waals surface area contributed by atoms with Gasteiger partial charge in [-0.2, -0.15) is 0 Å². The number of hydrogen-bond donors (Lipinski definition) is 5. The first-order chi connectivity index (χ1) is 37.1. The molecule has 0 aliphatic heterocycles. The van der Waals surface area contributed by atoms with Gasteiger partial charge in [0.1, 0.15) is 24.7 Å². The van der Waals surface area contributed by atoms with E-state index in [0.29, 0.717) is 103 Å². The normalized spacial score (nSPS) is 12.9. The smallest absolute Gasteiger partial charge is 0.312 e. The number of anilines is 1. The summed E-state index contributed by atoms with van der Waals surface area (Å²) in [5, 5.41) is 16.3. The predicted molar refractivity (Wildman–Crippen MR) is 291 cm³/mol. The number of aromatic nitrogens is 3. The van der Waals surface area contributed by atoms with E-state index in [9.17, 15) is 33.6 Å². The molecule has 7 N–H and O–H groups in total. The van der Waals surface area contributed by atoms with Crippen molar-refractivity contribution in [3.8, 4) is 0 Å². The van der Waals surface area contributed by atoms with E-state index in [0.717, 1.165) is 24.8 Å². The summed E-state index contributed by atoms with van der Waals surface area (Å²) in [4.78, 5) is 87.6. The maximum Gasteiger partial charge on any atom is 0.312 e. The van der Waals surface area contributed by atoms with E-state index >= 15 is 0 Å². The fraction of sp³-hybridized carbons (Fsp3) is 0.727. The number of unbranched alkanes of at least 4 members (excludes halogenated alkanes) is 2. The summed E-state index contributed by atoms with van der Waals surface area (Å²) in [5.41, 5.74) is 12.0. The Bertz CT molecular complexity index is 2060. The first kappa shape index (κ1) is 68.8. The Labute approximate surface area is 461 Å². The van der Waals surface area contributed by atoms with E-state index in [1.165, 1.54) is 0 Å². The minimum Gasteiger partial charge on any atom is -0.460 e. The van der Waals surface area contributed by atoms with Crippen molar-refractivity contribution in [2.24, 2.45) is 34.1 Å². The van der Waals surface area contributed by atoms with E-state index in [1.807, 2.05) is 20.8 Å². The number of esters is 1. The zero-order valence-electron chi connectivity index (χ0n) is 47.7. The van der Waals surface area contributed by atoms with Gasteiger partial charge in [0, 0.05) is 42.8 Å². The summed E-state index contributed by atoms with van der Waals surface area (Å²) in [7, 11) is 0. The largest absolute Gasteiger partial charge is 0.460 e. The van der Waals surface area contributed by atoms with Crippen molar-refractivity contribution in [1.29, 1.82) is 0 Å². The summed E-state index contributed by atoms with van der Waals surface area (Å²) in [6.07, 6.45) is 6.27. The van der Waals surface area contributed by atoms with Crippen LogP contribution in [-0.2, 0) is 86.4 Å². The van der Waals surface area contributed by atoms with Crippen molar-refractivity contribution in [3.63, 3.8) is 0 Å². The molecule has 78 heavy (non-hydrogen) atoms. The van der Waals surface area contributed by atoms with Crippen LogP contribution in [0.2, 0.25) is 0 Å². The van der Waals surface area contributed by atoms with Crippen molar-refractivity contribution in [1.82, 2.24) is 25.6 Å². The van der Waals surface area contributed by atoms with Gasteiger partial charge in [-0.3, -0.25) is 28.8 Å². The topological polar surface area (TPSA) is 312 Å². The average molecular weight is 1110 g/mol. The van der Waals surface area contributed by atoms with Gasteiger partial charge in [0.2, 0.25) is 11.8 Å². The third kappa shape index (κ3) is 32.6. The molecule has 3 atom stereocenters. The number of rotatable bonds is 45. The minimum absolute atomic E-state index is 0.0721. The third-order valence-electron chi connectivity index (χ3n) is 11.8. The maximum absolute atomic E-state index is 13.6. The monoisotopic (exact) mass is 1100 g/mol. The van der Waals surface area contributed by atoms with Gasteiger partial charge in [0.25, 0.3) is 0 Å². The molecule has 1 aromatic carbocycles.